The van der Waals surface area contributed by atoms with Gasteiger partial charge in [0, 0.05) is 35.6 Å². The molecule has 5 nitrogen and oxygen atoms in total. The molecule has 0 radical (unpaired) electrons. The van der Waals surface area contributed by atoms with Crippen LogP contribution in [0.5, 0.6) is 0 Å². The first-order chi connectivity index (χ1) is 11.1. The van der Waals surface area contributed by atoms with Crippen molar-refractivity contribution in [2.75, 3.05) is 11.4 Å². The van der Waals surface area contributed by atoms with E-state index in [0.717, 1.165) is 30.0 Å². The van der Waals surface area contributed by atoms with E-state index in [1.807, 2.05) is 25.3 Å². The average Bonchev–Trinajstić information content (AvgIpc) is 2.59. The van der Waals surface area contributed by atoms with Crippen LogP contribution >= 0.6 is 0 Å². The molecular weight excluding hydrogens is 288 g/mol. The fraction of sp³-hybridized carbons (Fsp3) is 0.500. The van der Waals surface area contributed by atoms with Crippen molar-refractivity contribution in [3.05, 3.63) is 39.9 Å². The van der Waals surface area contributed by atoms with E-state index in [1.54, 1.807) is 6.92 Å². The van der Waals surface area contributed by atoms with Crippen molar-refractivity contribution in [2.24, 2.45) is 0 Å². The van der Waals surface area contributed by atoms with Gasteiger partial charge in [-0.25, -0.2) is 9.97 Å². The molecule has 23 heavy (non-hydrogen) atoms. The van der Waals surface area contributed by atoms with Gasteiger partial charge in [-0.15, -0.1) is 0 Å². The van der Waals surface area contributed by atoms with Crippen molar-refractivity contribution in [3.63, 3.8) is 0 Å². The highest BCUT2D eigenvalue weighted by atomic mass is 16.1. The summed E-state index contributed by atoms with van der Waals surface area (Å²) in [6.45, 7) is 6.95. The Morgan fingerprint density at radius 3 is 2.78 bits per heavy atom. The molecule has 0 spiro atoms. The standard InChI is InChI=1S/C18H24N4O/c1-4-15-7-5-6-10-22(15)16-9-8-14(11-19-16)17-20-13(3)12(2)18(23)21-17/h8-9,11,15H,4-7,10H2,1-3H3,(H,20,21,23). The molecule has 1 aliphatic heterocycles. The fourth-order valence-corrected chi connectivity index (χ4v) is 3.20. The highest BCUT2D eigenvalue weighted by Crippen LogP contribution is 2.26. The van der Waals surface area contributed by atoms with E-state index in [1.165, 1.54) is 19.3 Å². The Labute approximate surface area is 136 Å². The molecule has 2 aromatic heterocycles. The van der Waals surface area contributed by atoms with Crippen molar-refractivity contribution >= 4 is 5.82 Å². The van der Waals surface area contributed by atoms with Crippen LogP contribution in [-0.4, -0.2) is 27.5 Å². The normalized spacial score (nSPS) is 18.2. The Bertz CT molecular complexity index is 736. The van der Waals surface area contributed by atoms with Gasteiger partial charge in [0.25, 0.3) is 5.56 Å². The van der Waals surface area contributed by atoms with Crippen LogP contribution in [0.2, 0.25) is 0 Å². The third-order valence-electron chi connectivity index (χ3n) is 4.81. The molecule has 1 atom stereocenters. The first-order valence-corrected chi connectivity index (χ1v) is 8.40. The monoisotopic (exact) mass is 312 g/mol. The van der Waals surface area contributed by atoms with Crippen LogP contribution in [0.4, 0.5) is 5.82 Å². The second-order valence-corrected chi connectivity index (χ2v) is 6.28. The summed E-state index contributed by atoms with van der Waals surface area (Å²) in [4.78, 5) is 26.2. The van der Waals surface area contributed by atoms with Gasteiger partial charge in [0.05, 0.1) is 0 Å². The number of aromatic amines is 1. The van der Waals surface area contributed by atoms with E-state index in [4.69, 9.17) is 0 Å². The number of pyridine rings is 1. The molecular formula is C18H24N4O. The summed E-state index contributed by atoms with van der Waals surface area (Å²) in [7, 11) is 0. The zero-order valence-electron chi connectivity index (χ0n) is 14.1. The van der Waals surface area contributed by atoms with E-state index < -0.39 is 0 Å². The number of rotatable bonds is 3. The number of anilines is 1. The predicted octanol–water partition coefficient (Wildman–Crippen LogP) is 3.22. The molecule has 1 unspecified atom stereocenters. The van der Waals surface area contributed by atoms with Crippen molar-refractivity contribution < 1.29 is 0 Å². The molecule has 3 rings (SSSR count). The molecule has 1 N–H and O–H groups in total. The van der Waals surface area contributed by atoms with Crippen molar-refractivity contribution in [1.29, 1.82) is 0 Å². The van der Waals surface area contributed by atoms with E-state index >= 15 is 0 Å². The van der Waals surface area contributed by atoms with Gasteiger partial charge in [-0.3, -0.25) is 4.79 Å². The van der Waals surface area contributed by atoms with E-state index in [9.17, 15) is 4.79 Å². The average molecular weight is 312 g/mol. The number of aromatic nitrogens is 3. The zero-order chi connectivity index (χ0) is 16.4. The highest BCUT2D eigenvalue weighted by molar-refractivity contribution is 5.57. The lowest BCUT2D eigenvalue weighted by atomic mass is 10.00. The van der Waals surface area contributed by atoms with Crippen molar-refractivity contribution in [3.8, 4) is 11.4 Å². The maximum Gasteiger partial charge on any atom is 0.254 e. The minimum Gasteiger partial charge on any atom is -0.354 e. The van der Waals surface area contributed by atoms with Gasteiger partial charge in [0.1, 0.15) is 11.6 Å². The molecule has 1 aliphatic rings. The van der Waals surface area contributed by atoms with E-state index in [0.29, 0.717) is 17.4 Å². The molecule has 2 aromatic rings. The molecule has 1 fully saturated rings. The molecule has 0 aromatic carbocycles. The number of nitrogens with one attached hydrogen (secondary N) is 1. The second-order valence-electron chi connectivity index (χ2n) is 6.28. The van der Waals surface area contributed by atoms with Gasteiger partial charge < -0.3 is 9.88 Å². The summed E-state index contributed by atoms with van der Waals surface area (Å²) in [5.41, 5.74) is 2.19. The number of hydrogen-bond acceptors (Lipinski definition) is 4. The molecule has 0 amide bonds. The minimum absolute atomic E-state index is 0.0846. The van der Waals surface area contributed by atoms with Gasteiger partial charge in [0.15, 0.2) is 0 Å². The number of piperidine rings is 1. The van der Waals surface area contributed by atoms with Crippen LogP contribution in [0.3, 0.4) is 0 Å². The van der Waals surface area contributed by atoms with E-state index in [2.05, 4.69) is 26.8 Å². The lowest BCUT2D eigenvalue weighted by Crippen LogP contribution is -2.39. The molecule has 122 valence electrons. The van der Waals surface area contributed by atoms with Crippen LogP contribution in [0, 0.1) is 13.8 Å². The Hall–Kier alpha value is -2.17. The summed E-state index contributed by atoms with van der Waals surface area (Å²) in [6, 6.07) is 4.62. The van der Waals surface area contributed by atoms with E-state index in [-0.39, 0.29) is 5.56 Å². The lowest BCUT2D eigenvalue weighted by Gasteiger charge is -2.36. The van der Waals surface area contributed by atoms with Crippen molar-refractivity contribution in [2.45, 2.75) is 52.5 Å². The maximum atomic E-state index is 11.9. The largest absolute Gasteiger partial charge is 0.354 e. The van der Waals surface area contributed by atoms with Crippen LogP contribution < -0.4 is 10.5 Å². The number of aryl methyl sites for hydroxylation is 1. The number of hydrogen-bond donors (Lipinski definition) is 1. The topological polar surface area (TPSA) is 61.9 Å². The number of H-pyrrole nitrogens is 1. The fourth-order valence-electron chi connectivity index (χ4n) is 3.20. The van der Waals surface area contributed by atoms with Crippen LogP contribution in [0.15, 0.2) is 23.1 Å². The van der Waals surface area contributed by atoms with Gasteiger partial charge in [-0.05, 0) is 51.7 Å². The predicted molar refractivity (Wildman–Crippen MR) is 92.8 cm³/mol. The molecule has 3 heterocycles. The SMILES string of the molecule is CCC1CCCCN1c1ccc(-c2nc(C)c(C)c(=O)[nH]2)cn1. The Balaban J connectivity index is 1.89. The molecule has 1 saturated heterocycles. The maximum absolute atomic E-state index is 11.9. The lowest BCUT2D eigenvalue weighted by molar-refractivity contribution is 0.447. The summed E-state index contributed by atoms with van der Waals surface area (Å²) in [6.07, 6.45) is 6.73. The van der Waals surface area contributed by atoms with Crippen molar-refractivity contribution in [1.82, 2.24) is 15.0 Å². The summed E-state index contributed by atoms with van der Waals surface area (Å²) < 4.78 is 0. The molecule has 0 saturated carbocycles. The molecule has 5 heteroatoms. The third kappa shape index (κ3) is 3.14. The molecule has 0 aliphatic carbocycles. The molecule has 0 bridgehead atoms. The van der Waals surface area contributed by atoms with Gasteiger partial charge in [-0.1, -0.05) is 6.92 Å². The summed E-state index contributed by atoms with van der Waals surface area (Å²) in [5.74, 6) is 1.61. The summed E-state index contributed by atoms with van der Waals surface area (Å²) >= 11 is 0. The first kappa shape index (κ1) is 15.7. The number of nitrogens with zero attached hydrogens (tertiary/aromatic N) is 3. The minimum atomic E-state index is -0.0846. The van der Waals surface area contributed by atoms with Gasteiger partial charge in [-0.2, -0.15) is 0 Å². The Morgan fingerprint density at radius 1 is 1.30 bits per heavy atom. The smallest absolute Gasteiger partial charge is 0.254 e. The van der Waals surface area contributed by atoms with Crippen LogP contribution in [0.1, 0.15) is 43.9 Å². The van der Waals surface area contributed by atoms with Gasteiger partial charge in [0.2, 0.25) is 0 Å². The second kappa shape index (κ2) is 6.52. The Morgan fingerprint density at radius 2 is 2.13 bits per heavy atom. The third-order valence-corrected chi connectivity index (χ3v) is 4.81. The Kier molecular flexibility index (Phi) is 4.46. The van der Waals surface area contributed by atoms with Crippen LogP contribution in [-0.2, 0) is 0 Å². The summed E-state index contributed by atoms with van der Waals surface area (Å²) in [5, 5.41) is 0. The zero-order valence-corrected chi connectivity index (χ0v) is 14.1. The van der Waals surface area contributed by atoms with Gasteiger partial charge >= 0.3 is 0 Å². The quantitative estimate of drug-likeness (QED) is 0.945. The highest BCUT2D eigenvalue weighted by Gasteiger charge is 2.21. The van der Waals surface area contributed by atoms with Crippen LogP contribution in [0.25, 0.3) is 11.4 Å². The first-order valence-electron chi connectivity index (χ1n) is 8.40.